The molecule has 19 heavy (non-hydrogen) atoms. The molecule has 1 atom stereocenters. The standard InChI is InChI=1S/C12H25N3O3S/c1-14(2)8-5-7-13-12(16)11-6-4-9-15(10-11)19(3,17)18/h11H,4-10H2,1-3H3,(H,13,16)/t11-/m1/s1. The zero-order chi connectivity index (χ0) is 14.5. The minimum atomic E-state index is -3.18. The average Bonchev–Trinajstić information content (AvgIpc) is 2.33. The highest BCUT2D eigenvalue weighted by Crippen LogP contribution is 2.18. The highest BCUT2D eigenvalue weighted by Gasteiger charge is 2.29. The highest BCUT2D eigenvalue weighted by molar-refractivity contribution is 7.88. The van der Waals surface area contributed by atoms with Crippen LogP contribution in [0.2, 0.25) is 0 Å². The summed E-state index contributed by atoms with van der Waals surface area (Å²) in [5.74, 6) is -0.227. The molecule has 1 amide bonds. The largest absolute Gasteiger partial charge is 0.356 e. The van der Waals surface area contributed by atoms with Crippen molar-refractivity contribution in [2.75, 3.05) is 46.5 Å². The van der Waals surface area contributed by atoms with Crippen molar-refractivity contribution in [3.63, 3.8) is 0 Å². The Kier molecular flexibility index (Phi) is 6.22. The second kappa shape index (κ2) is 7.21. The first-order valence-electron chi connectivity index (χ1n) is 6.68. The monoisotopic (exact) mass is 291 g/mol. The summed E-state index contributed by atoms with van der Waals surface area (Å²) in [6.45, 7) is 2.42. The van der Waals surface area contributed by atoms with Crippen molar-refractivity contribution >= 4 is 15.9 Å². The summed E-state index contributed by atoms with van der Waals surface area (Å²) in [7, 11) is 0.804. The molecule has 7 heteroatoms. The van der Waals surface area contributed by atoms with Gasteiger partial charge < -0.3 is 10.2 Å². The predicted octanol–water partition coefficient (Wildman–Crippen LogP) is -0.274. The van der Waals surface area contributed by atoms with Crippen molar-refractivity contribution in [3.8, 4) is 0 Å². The van der Waals surface area contributed by atoms with Gasteiger partial charge in [0.25, 0.3) is 0 Å². The van der Waals surface area contributed by atoms with Crippen molar-refractivity contribution in [1.29, 1.82) is 0 Å². The molecule has 112 valence electrons. The molecule has 0 spiro atoms. The number of sulfonamides is 1. The van der Waals surface area contributed by atoms with Gasteiger partial charge in [0.2, 0.25) is 15.9 Å². The van der Waals surface area contributed by atoms with E-state index in [0.717, 1.165) is 25.8 Å². The number of hydrogen-bond acceptors (Lipinski definition) is 4. The Bertz CT molecular complexity index is 395. The fourth-order valence-corrected chi connectivity index (χ4v) is 3.12. The molecule has 0 unspecified atom stereocenters. The molecule has 1 fully saturated rings. The van der Waals surface area contributed by atoms with E-state index in [1.807, 2.05) is 14.1 Å². The lowest BCUT2D eigenvalue weighted by Crippen LogP contribution is -2.45. The van der Waals surface area contributed by atoms with Gasteiger partial charge in [-0.05, 0) is 39.9 Å². The smallest absolute Gasteiger partial charge is 0.224 e. The summed E-state index contributed by atoms with van der Waals surface area (Å²) in [6, 6.07) is 0. The third-order valence-corrected chi connectivity index (χ3v) is 4.57. The lowest BCUT2D eigenvalue weighted by Gasteiger charge is -2.30. The van der Waals surface area contributed by atoms with E-state index >= 15 is 0 Å². The Morgan fingerprint density at radius 1 is 1.42 bits per heavy atom. The lowest BCUT2D eigenvalue weighted by atomic mass is 9.99. The summed E-state index contributed by atoms with van der Waals surface area (Å²) in [6.07, 6.45) is 3.63. The molecule has 0 saturated carbocycles. The van der Waals surface area contributed by atoms with Crippen molar-refractivity contribution in [1.82, 2.24) is 14.5 Å². The average molecular weight is 291 g/mol. The van der Waals surface area contributed by atoms with Gasteiger partial charge in [-0.3, -0.25) is 4.79 Å². The first-order valence-corrected chi connectivity index (χ1v) is 8.53. The van der Waals surface area contributed by atoms with Gasteiger partial charge in [0.1, 0.15) is 0 Å². The van der Waals surface area contributed by atoms with Crippen molar-refractivity contribution in [2.45, 2.75) is 19.3 Å². The molecule has 0 aromatic heterocycles. The second-order valence-corrected chi connectivity index (χ2v) is 7.39. The molecule has 0 aromatic carbocycles. The maximum absolute atomic E-state index is 12.0. The first kappa shape index (κ1) is 16.4. The minimum Gasteiger partial charge on any atom is -0.356 e. The number of nitrogens with zero attached hydrogens (tertiary/aromatic N) is 2. The van der Waals surface area contributed by atoms with E-state index in [1.165, 1.54) is 10.6 Å². The Morgan fingerprint density at radius 2 is 2.11 bits per heavy atom. The molecule has 0 aliphatic carbocycles. The molecule has 0 radical (unpaired) electrons. The zero-order valence-electron chi connectivity index (χ0n) is 12.1. The first-order chi connectivity index (χ1) is 8.80. The van der Waals surface area contributed by atoms with Gasteiger partial charge in [-0.1, -0.05) is 0 Å². The fourth-order valence-electron chi connectivity index (χ4n) is 2.21. The van der Waals surface area contributed by atoms with Crippen LogP contribution in [0.3, 0.4) is 0 Å². The predicted molar refractivity (Wildman–Crippen MR) is 75.3 cm³/mol. The van der Waals surface area contributed by atoms with Crippen LogP contribution >= 0.6 is 0 Å². The number of hydrogen-bond donors (Lipinski definition) is 1. The molecule has 0 bridgehead atoms. The van der Waals surface area contributed by atoms with E-state index in [9.17, 15) is 13.2 Å². The van der Waals surface area contributed by atoms with Crippen molar-refractivity contribution in [3.05, 3.63) is 0 Å². The molecule has 0 aromatic rings. The summed E-state index contributed by atoms with van der Waals surface area (Å²) in [5.41, 5.74) is 0. The second-order valence-electron chi connectivity index (χ2n) is 5.41. The maximum Gasteiger partial charge on any atom is 0.224 e. The summed E-state index contributed by atoms with van der Waals surface area (Å²) < 4.78 is 24.4. The van der Waals surface area contributed by atoms with Crippen LogP contribution in [-0.2, 0) is 14.8 Å². The van der Waals surface area contributed by atoms with Crippen LogP contribution in [0.4, 0.5) is 0 Å². The molecule has 1 aliphatic heterocycles. The lowest BCUT2D eigenvalue weighted by molar-refractivity contribution is -0.126. The van der Waals surface area contributed by atoms with E-state index in [0.29, 0.717) is 19.6 Å². The van der Waals surface area contributed by atoms with E-state index in [2.05, 4.69) is 10.2 Å². The maximum atomic E-state index is 12.0. The molecule has 1 aliphatic rings. The number of piperidine rings is 1. The van der Waals surface area contributed by atoms with Crippen molar-refractivity contribution in [2.24, 2.45) is 5.92 Å². The quantitative estimate of drug-likeness (QED) is 0.684. The van der Waals surface area contributed by atoms with Gasteiger partial charge in [-0.2, -0.15) is 0 Å². The number of carbonyl (C=O) groups excluding carboxylic acids is 1. The third-order valence-electron chi connectivity index (χ3n) is 3.31. The minimum absolute atomic E-state index is 0.0212. The number of rotatable bonds is 6. The van der Waals surface area contributed by atoms with Crippen LogP contribution in [0.1, 0.15) is 19.3 Å². The van der Waals surface area contributed by atoms with Crippen LogP contribution < -0.4 is 5.32 Å². The van der Waals surface area contributed by atoms with Gasteiger partial charge >= 0.3 is 0 Å². The van der Waals surface area contributed by atoms with Gasteiger partial charge in [0.05, 0.1) is 12.2 Å². The summed E-state index contributed by atoms with van der Waals surface area (Å²) in [4.78, 5) is 14.0. The number of amides is 1. The molecule has 6 nitrogen and oxygen atoms in total. The van der Waals surface area contributed by atoms with E-state index < -0.39 is 10.0 Å². The molecule has 1 heterocycles. The summed E-state index contributed by atoms with van der Waals surface area (Å²) >= 11 is 0. The van der Waals surface area contributed by atoms with E-state index in [1.54, 1.807) is 0 Å². The highest BCUT2D eigenvalue weighted by atomic mass is 32.2. The van der Waals surface area contributed by atoms with Crippen LogP contribution in [0.15, 0.2) is 0 Å². The molecular weight excluding hydrogens is 266 g/mol. The van der Waals surface area contributed by atoms with Crippen LogP contribution in [0, 0.1) is 5.92 Å². The van der Waals surface area contributed by atoms with E-state index in [-0.39, 0.29) is 11.8 Å². The zero-order valence-corrected chi connectivity index (χ0v) is 12.9. The van der Waals surface area contributed by atoms with Crippen molar-refractivity contribution < 1.29 is 13.2 Å². The van der Waals surface area contributed by atoms with Crippen LogP contribution in [-0.4, -0.2) is 70.1 Å². The van der Waals surface area contributed by atoms with E-state index in [4.69, 9.17) is 0 Å². The molecule has 1 rings (SSSR count). The Morgan fingerprint density at radius 3 is 2.68 bits per heavy atom. The van der Waals surface area contributed by atoms with Crippen LogP contribution in [0.25, 0.3) is 0 Å². The topological polar surface area (TPSA) is 69.7 Å². The molecule has 1 saturated heterocycles. The normalized spacial score (nSPS) is 21.6. The fraction of sp³-hybridized carbons (Fsp3) is 0.917. The number of nitrogens with one attached hydrogen (secondary N) is 1. The van der Waals surface area contributed by atoms with Gasteiger partial charge in [-0.25, -0.2) is 12.7 Å². The SMILES string of the molecule is CN(C)CCCNC(=O)[C@@H]1CCCN(S(C)(=O)=O)C1. The number of carbonyl (C=O) groups is 1. The Labute approximate surface area is 116 Å². The van der Waals surface area contributed by atoms with Gasteiger partial charge in [0, 0.05) is 19.6 Å². The van der Waals surface area contributed by atoms with Gasteiger partial charge in [0.15, 0.2) is 0 Å². The molecular formula is C12H25N3O3S. The third kappa shape index (κ3) is 5.88. The Hall–Kier alpha value is -0.660. The van der Waals surface area contributed by atoms with Crippen LogP contribution in [0.5, 0.6) is 0 Å². The molecule has 1 N–H and O–H groups in total. The summed E-state index contributed by atoms with van der Waals surface area (Å²) in [5, 5.41) is 2.89. The van der Waals surface area contributed by atoms with Gasteiger partial charge in [-0.15, -0.1) is 0 Å². The Balaban J connectivity index is 2.36.